The second kappa shape index (κ2) is 9.64. The summed E-state index contributed by atoms with van der Waals surface area (Å²) in [7, 11) is 0. The van der Waals surface area contributed by atoms with E-state index in [1.54, 1.807) is 0 Å². The molecule has 4 rings (SSSR count). The third kappa shape index (κ3) is 5.18. The number of cyclic esters (lactones) is 6. The van der Waals surface area contributed by atoms with E-state index in [1.165, 1.54) is 0 Å². The van der Waals surface area contributed by atoms with Crippen LogP contribution in [0, 0.1) is 17.8 Å². The summed E-state index contributed by atoms with van der Waals surface area (Å²) < 4.78 is 14.1. The molecule has 0 radical (unpaired) electrons. The van der Waals surface area contributed by atoms with E-state index >= 15 is 0 Å². The molecule has 3 fully saturated rings. The summed E-state index contributed by atoms with van der Waals surface area (Å²) in [6.07, 6.45) is 8.64. The van der Waals surface area contributed by atoms with Crippen LogP contribution in [0.15, 0.2) is 34.9 Å². The van der Waals surface area contributed by atoms with Crippen molar-refractivity contribution in [3.8, 4) is 0 Å². The minimum atomic E-state index is -0.690. The zero-order valence-corrected chi connectivity index (χ0v) is 18.0. The molecule has 0 N–H and O–H groups in total. The van der Waals surface area contributed by atoms with Gasteiger partial charge in [0.15, 0.2) is 0 Å². The van der Waals surface area contributed by atoms with Crippen LogP contribution in [0.3, 0.4) is 0 Å². The van der Waals surface area contributed by atoms with Gasteiger partial charge in [-0.25, -0.2) is 0 Å². The summed E-state index contributed by atoms with van der Waals surface area (Å²) in [5.41, 5.74) is 2.26. The number of hydrogen-bond acceptors (Lipinski definition) is 9. The van der Waals surface area contributed by atoms with Crippen molar-refractivity contribution in [2.45, 2.75) is 57.8 Å². The molecule has 0 aromatic carbocycles. The smallest absolute Gasteiger partial charge is 0.321 e. The van der Waals surface area contributed by atoms with Gasteiger partial charge < -0.3 is 14.2 Å². The predicted molar refractivity (Wildman–Crippen MR) is 110 cm³/mol. The first-order valence-corrected chi connectivity index (χ1v) is 11.1. The molecule has 3 saturated heterocycles. The molecule has 4 aliphatic rings. The van der Waals surface area contributed by atoms with Gasteiger partial charge in [-0.2, -0.15) is 0 Å². The van der Waals surface area contributed by atoms with Gasteiger partial charge in [0.1, 0.15) is 0 Å². The highest BCUT2D eigenvalue weighted by Crippen LogP contribution is 2.35. The molecule has 0 amide bonds. The molecule has 174 valence electrons. The first-order valence-electron chi connectivity index (χ1n) is 11.1. The zero-order valence-electron chi connectivity index (χ0n) is 18.0. The van der Waals surface area contributed by atoms with Gasteiger partial charge in [0, 0.05) is 0 Å². The van der Waals surface area contributed by atoms with E-state index in [1.807, 2.05) is 18.2 Å². The van der Waals surface area contributed by atoms with Gasteiger partial charge in [-0.05, 0) is 38.5 Å². The minimum absolute atomic E-state index is 0.00179. The van der Waals surface area contributed by atoms with Crippen LogP contribution < -0.4 is 0 Å². The Morgan fingerprint density at radius 1 is 0.485 bits per heavy atom. The molecule has 9 heteroatoms. The maximum absolute atomic E-state index is 12.2. The Kier molecular flexibility index (Phi) is 6.67. The lowest BCUT2D eigenvalue weighted by molar-refractivity contribution is -0.154. The summed E-state index contributed by atoms with van der Waals surface area (Å²) in [6, 6.07) is 0. The average molecular weight is 456 g/mol. The fourth-order valence-corrected chi connectivity index (χ4v) is 4.78. The van der Waals surface area contributed by atoms with Crippen molar-refractivity contribution in [2.24, 2.45) is 17.8 Å². The molecule has 0 aromatic rings. The average Bonchev–Trinajstić information content (AvgIpc) is 3.38. The van der Waals surface area contributed by atoms with Gasteiger partial charge in [0.05, 0.1) is 37.0 Å². The highest BCUT2D eigenvalue weighted by molar-refractivity contribution is 5.97. The van der Waals surface area contributed by atoms with Crippen molar-refractivity contribution >= 4 is 35.8 Å². The first-order chi connectivity index (χ1) is 15.8. The molecule has 0 unspecified atom stereocenters. The summed E-state index contributed by atoms with van der Waals surface area (Å²) in [5.74, 6) is -5.41. The summed E-state index contributed by atoms with van der Waals surface area (Å²) >= 11 is 0. The Bertz CT molecular complexity index is 1010. The van der Waals surface area contributed by atoms with Gasteiger partial charge in [-0.3, -0.25) is 28.8 Å². The van der Waals surface area contributed by atoms with Crippen molar-refractivity contribution in [2.75, 3.05) is 0 Å². The van der Waals surface area contributed by atoms with Crippen LogP contribution in [-0.2, 0) is 43.0 Å². The lowest BCUT2D eigenvalue weighted by atomic mass is 9.85. The topological polar surface area (TPSA) is 130 Å². The van der Waals surface area contributed by atoms with Crippen molar-refractivity contribution < 1.29 is 43.0 Å². The lowest BCUT2D eigenvalue weighted by Gasteiger charge is -2.17. The van der Waals surface area contributed by atoms with Crippen molar-refractivity contribution in [1.82, 2.24) is 0 Å². The van der Waals surface area contributed by atoms with Crippen molar-refractivity contribution in [3.05, 3.63) is 34.9 Å². The Hall–Kier alpha value is -3.36. The molecule has 3 heterocycles. The molecule has 3 aliphatic heterocycles. The first kappa shape index (κ1) is 22.8. The third-order valence-corrected chi connectivity index (χ3v) is 6.47. The van der Waals surface area contributed by atoms with E-state index < -0.39 is 53.6 Å². The third-order valence-electron chi connectivity index (χ3n) is 6.47. The number of carbonyl (C=O) groups excluding carboxylic acids is 6. The molecule has 0 bridgehead atoms. The normalized spacial score (nSPS) is 34.2. The number of hydrogen-bond donors (Lipinski definition) is 0. The fraction of sp³-hybridized carbons (Fsp3) is 0.500. The van der Waals surface area contributed by atoms with E-state index in [-0.39, 0.29) is 19.3 Å². The second-order valence-electron chi connectivity index (χ2n) is 8.60. The molecule has 9 nitrogen and oxygen atoms in total. The van der Waals surface area contributed by atoms with Crippen LogP contribution >= 0.6 is 0 Å². The van der Waals surface area contributed by atoms with E-state index in [0.717, 1.165) is 16.7 Å². The maximum Gasteiger partial charge on any atom is 0.321 e. The Morgan fingerprint density at radius 2 is 0.818 bits per heavy atom. The molecule has 33 heavy (non-hydrogen) atoms. The second-order valence-corrected chi connectivity index (χ2v) is 8.60. The molecule has 0 spiro atoms. The van der Waals surface area contributed by atoms with E-state index in [2.05, 4.69) is 0 Å². The van der Waals surface area contributed by atoms with Gasteiger partial charge >= 0.3 is 35.8 Å². The van der Waals surface area contributed by atoms with Gasteiger partial charge in [-0.15, -0.1) is 0 Å². The maximum atomic E-state index is 12.2. The van der Waals surface area contributed by atoms with Crippen molar-refractivity contribution in [1.29, 1.82) is 0 Å². The summed E-state index contributed by atoms with van der Waals surface area (Å²) in [6.45, 7) is 0. The van der Waals surface area contributed by atoms with Gasteiger partial charge in [0.25, 0.3) is 0 Å². The zero-order chi connectivity index (χ0) is 23.5. The van der Waals surface area contributed by atoms with Crippen LogP contribution in [0.1, 0.15) is 57.8 Å². The van der Waals surface area contributed by atoms with E-state index in [9.17, 15) is 28.8 Å². The van der Waals surface area contributed by atoms with E-state index in [0.29, 0.717) is 38.5 Å². The molecule has 1 aliphatic carbocycles. The summed E-state index contributed by atoms with van der Waals surface area (Å²) in [4.78, 5) is 71.4. The van der Waals surface area contributed by atoms with Crippen LogP contribution in [0.5, 0.6) is 0 Å². The van der Waals surface area contributed by atoms with Crippen LogP contribution in [0.2, 0.25) is 0 Å². The molecular formula is C24H24O9. The highest BCUT2D eigenvalue weighted by Gasteiger charge is 2.39. The molecular weight excluding hydrogens is 432 g/mol. The lowest BCUT2D eigenvalue weighted by Crippen LogP contribution is -2.15. The quantitative estimate of drug-likeness (QED) is 0.272. The molecule has 0 saturated carbocycles. The Morgan fingerprint density at radius 3 is 1.15 bits per heavy atom. The Balaban J connectivity index is 1.61. The number of allylic oxidation sites excluding steroid dienone is 3. The number of esters is 6. The predicted octanol–water partition coefficient (Wildman–Crippen LogP) is 2.39. The van der Waals surface area contributed by atoms with Crippen LogP contribution in [-0.4, -0.2) is 35.8 Å². The van der Waals surface area contributed by atoms with Crippen LogP contribution in [0.25, 0.3) is 0 Å². The minimum Gasteiger partial charge on any atom is -0.393 e. The Labute approximate surface area is 189 Å². The SMILES string of the molecule is O=C1C[C@@H](/C2=C\CC/C=C(/[C@@H]3CC(=O)OC3=O)CC/C=C(/[C@@H]3CC(=O)OC3=O)CC2)C(=O)O1. The monoisotopic (exact) mass is 456 g/mol. The van der Waals surface area contributed by atoms with Crippen molar-refractivity contribution in [3.63, 3.8) is 0 Å². The number of rotatable bonds is 3. The van der Waals surface area contributed by atoms with Crippen LogP contribution in [0.4, 0.5) is 0 Å². The molecule has 3 atom stereocenters. The highest BCUT2D eigenvalue weighted by atomic mass is 16.6. The van der Waals surface area contributed by atoms with E-state index in [4.69, 9.17) is 14.2 Å². The largest absolute Gasteiger partial charge is 0.393 e. The van der Waals surface area contributed by atoms with Gasteiger partial charge in [-0.1, -0.05) is 34.9 Å². The number of carbonyl (C=O) groups is 6. The summed E-state index contributed by atoms with van der Waals surface area (Å²) in [5, 5.41) is 0. The van der Waals surface area contributed by atoms with Gasteiger partial charge in [0.2, 0.25) is 0 Å². The molecule has 0 aromatic heterocycles. The number of ether oxygens (including phenoxy) is 3. The fourth-order valence-electron chi connectivity index (χ4n) is 4.78. The standard InChI is InChI=1S/C24H24O9/c25-19-10-16(22(28)31-19)13-4-1-2-5-14(17-11-20(26)32-23(17)29)8-9-15(7-3-6-13)18-12-21(27)33-24(18)30/h4-5,7,16-18H,1-3,6,8-12H2/b13-4+,14-5-,15-7+/t16-,17-,18-/m0/s1.